The van der Waals surface area contributed by atoms with Gasteiger partial charge in [-0.25, -0.2) is 9.18 Å². The molecule has 3 rings (SSSR count). The van der Waals surface area contributed by atoms with Gasteiger partial charge in [0.1, 0.15) is 17.7 Å². The van der Waals surface area contributed by atoms with Crippen LogP contribution in [0.1, 0.15) is 12.8 Å². The summed E-state index contributed by atoms with van der Waals surface area (Å²) in [5.74, 6) is 0.165. The number of benzene rings is 1. The van der Waals surface area contributed by atoms with E-state index >= 15 is 0 Å². The minimum atomic E-state index is -0.469. The highest BCUT2D eigenvalue weighted by molar-refractivity contribution is 5.81. The summed E-state index contributed by atoms with van der Waals surface area (Å²) in [6.07, 6.45) is 1.51. The van der Waals surface area contributed by atoms with Crippen molar-refractivity contribution >= 4 is 11.9 Å². The predicted octanol–water partition coefficient (Wildman–Crippen LogP) is 1.21. The first-order valence-corrected chi connectivity index (χ1v) is 7.78. The molecule has 0 saturated carbocycles. The Kier molecular flexibility index (Phi) is 4.36. The molecule has 0 aromatic heterocycles. The van der Waals surface area contributed by atoms with Crippen LogP contribution in [0.15, 0.2) is 24.3 Å². The standard InChI is InChI=1S/C16H20FN3O3/c17-12-3-5-13(6-4-12)23-14-9-20(10-14)15(21)11-2-1-7-19(8-11)16(18)22/h3-6,11,14H,1-2,7-10H2,(H2,18,22)/t11-/m1/s1. The first-order chi connectivity index (χ1) is 11.0. The Morgan fingerprint density at radius 2 is 1.83 bits per heavy atom. The fourth-order valence-corrected chi connectivity index (χ4v) is 3.04. The third-order valence-electron chi connectivity index (χ3n) is 4.36. The molecular formula is C16H20FN3O3. The topological polar surface area (TPSA) is 75.9 Å². The molecule has 124 valence electrons. The van der Waals surface area contributed by atoms with Gasteiger partial charge < -0.3 is 20.3 Å². The van der Waals surface area contributed by atoms with Crippen molar-refractivity contribution in [2.75, 3.05) is 26.2 Å². The summed E-state index contributed by atoms with van der Waals surface area (Å²) in [7, 11) is 0. The summed E-state index contributed by atoms with van der Waals surface area (Å²) < 4.78 is 18.5. The van der Waals surface area contributed by atoms with Crippen molar-refractivity contribution < 1.29 is 18.7 Å². The SMILES string of the molecule is NC(=O)N1CCC[C@@H](C(=O)N2CC(Oc3ccc(F)cc3)C2)C1. The quantitative estimate of drug-likeness (QED) is 0.909. The molecule has 0 unspecified atom stereocenters. The van der Waals surface area contributed by atoms with Crippen molar-refractivity contribution in [3.63, 3.8) is 0 Å². The summed E-state index contributed by atoms with van der Waals surface area (Å²) in [6.45, 7) is 2.05. The van der Waals surface area contributed by atoms with Gasteiger partial charge in [0.15, 0.2) is 0 Å². The highest BCUT2D eigenvalue weighted by Gasteiger charge is 2.37. The number of halogens is 1. The number of primary amides is 1. The summed E-state index contributed by atoms with van der Waals surface area (Å²) in [4.78, 5) is 26.9. The van der Waals surface area contributed by atoms with Gasteiger partial charge in [-0.15, -0.1) is 0 Å². The predicted molar refractivity (Wildman–Crippen MR) is 81.3 cm³/mol. The van der Waals surface area contributed by atoms with Gasteiger partial charge in [-0.2, -0.15) is 0 Å². The fraction of sp³-hybridized carbons (Fsp3) is 0.500. The van der Waals surface area contributed by atoms with Crippen LogP contribution in [0.5, 0.6) is 5.75 Å². The van der Waals surface area contributed by atoms with Gasteiger partial charge in [0.05, 0.1) is 19.0 Å². The lowest BCUT2D eigenvalue weighted by molar-refractivity contribution is -0.145. The summed E-state index contributed by atoms with van der Waals surface area (Å²) >= 11 is 0. The number of urea groups is 1. The van der Waals surface area contributed by atoms with Crippen LogP contribution in [0.4, 0.5) is 9.18 Å². The molecule has 1 atom stereocenters. The number of likely N-dealkylation sites (tertiary alicyclic amines) is 2. The molecule has 2 fully saturated rings. The monoisotopic (exact) mass is 321 g/mol. The van der Waals surface area contributed by atoms with E-state index in [1.165, 1.54) is 17.0 Å². The zero-order valence-electron chi connectivity index (χ0n) is 12.8. The Balaban J connectivity index is 1.47. The van der Waals surface area contributed by atoms with E-state index in [4.69, 9.17) is 10.5 Å². The van der Waals surface area contributed by atoms with Crippen molar-refractivity contribution in [3.8, 4) is 5.75 Å². The molecule has 2 aliphatic heterocycles. The minimum absolute atomic E-state index is 0.0508. The number of hydrogen-bond donors (Lipinski definition) is 1. The fourth-order valence-electron chi connectivity index (χ4n) is 3.04. The van der Waals surface area contributed by atoms with E-state index in [9.17, 15) is 14.0 Å². The Labute approximate surface area is 134 Å². The lowest BCUT2D eigenvalue weighted by Crippen LogP contribution is -2.59. The minimum Gasteiger partial charge on any atom is -0.487 e. The molecule has 0 spiro atoms. The molecule has 2 N–H and O–H groups in total. The van der Waals surface area contributed by atoms with E-state index in [0.29, 0.717) is 31.9 Å². The highest BCUT2D eigenvalue weighted by atomic mass is 19.1. The molecule has 7 heteroatoms. The second-order valence-corrected chi connectivity index (χ2v) is 6.06. The van der Waals surface area contributed by atoms with Crippen LogP contribution in [0.25, 0.3) is 0 Å². The van der Waals surface area contributed by atoms with Crippen LogP contribution >= 0.6 is 0 Å². The largest absolute Gasteiger partial charge is 0.487 e. The van der Waals surface area contributed by atoms with Crippen LogP contribution in [-0.4, -0.2) is 54.0 Å². The highest BCUT2D eigenvalue weighted by Crippen LogP contribution is 2.24. The van der Waals surface area contributed by atoms with Crippen molar-refractivity contribution in [1.29, 1.82) is 0 Å². The third kappa shape index (κ3) is 3.55. The number of hydrogen-bond acceptors (Lipinski definition) is 3. The molecular weight excluding hydrogens is 301 g/mol. The number of amides is 3. The van der Waals surface area contributed by atoms with E-state index in [1.807, 2.05) is 0 Å². The molecule has 2 heterocycles. The Morgan fingerprint density at radius 1 is 1.13 bits per heavy atom. The maximum Gasteiger partial charge on any atom is 0.314 e. The van der Waals surface area contributed by atoms with E-state index in [0.717, 1.165) is 12.8 Å². The van der Waals surface area contributed by atoms with Gasteiger partial charge >= 0.3 is 6.03 Å². The number of nitrogens with zero attached hydrogens (tertiary/aromatic N) is 2. The third-order valence-corrected chi connectivity index (χ3v) is 4.36. The molecule has 0 radical (unpaired) electrons. The van der Waals surface area contributed by atoms with Gasteiger partial charge in [-0.05, 0) is 37.1 Å². The number of carbonyl (C=O) groups excluding carboxylic acids is 2. The summed E-state index contributed by atoms with van der Waals surface area (Å²) in [5.41, 5.74) is 5.29. The summed E-state index contributed by atoms with van der Waals surface area (Å²) in [6, 6.07) is 5.37. The van der Waals surface area contributed by atoms with Gasteiger partial charge in [0, 0.05) is 13.1 Å². The average molecular weight is 321 g/mol. The van der Waals surface area contributed by atoms with Gasteiger partial charge in [0.25, 0.3) is 0 Å². The first kappa shape index (κ1) is 15.6. The lowest BCUT2D eigenvalue weighted by atomic mass is 9.95. The van der Waals surface area contributed by atoms with Gasteiger partial charge in [-0.1, -0.05) is 0 Å². The van der Waals surface area contributed by atoms with Crippen LogP contribution in [0.2, 0.25) is 0 Å². The van der Waals surface area contributed by atoms with E-state index < -0.39 is 6.03 Å². The number of carbonyl (C=O) groups is 2. The molecule has 1 aromatic rings. The molecule has 0 bridgehead atoms. The molecule has 23 heavy (non-hydrogen) atoms. The maximum absolute atomic E-state index is 12.8. The average Bonchev–Trinajstić information content (AvgIpc) is 2.51. The number of piperidine rings is 1. The number of rotatable bonds is 3. The van der Waals surface area contributed by atoms with Gasteiger partial charge in [-0.3, -0.25) is 4.79 Å². The van der Waals surface area contributed by atoms with Crippen LogP contribution in [0, 0.1) is 11.7 Å². The zero-order valence-corrected chi connectivity index (χ0v) is 12.8. The van der Waals surface area contributed by atoms with Crippen molar-refractivity contribution in [2.45, 2.75) is 18.9 Å². The normalized spacial score (nSPS) is 21.7. The smallest absolute Gasteiger partial charge is 0.314 e. The summed E-state index contributed by atoms with van der Waals surface area (Å²) in [5, 5.41) is 0. The van der Waals surface area contributed by atoms with E-state index in [-0.39, 0.29) is 23.7 Å². The van der Waals surface area contributed by atoms with Crippen molar-refractivity contribution in [2.24, 2.45) is 11.7 Å². The molecule has 3 amide bonds. The zero-order chi connectivity index (χ0) is 16.4. The lowest BCUT2D eigenvalue weighted by Gasteiger charge is -2.42. The first-order valence-electron chi connectivity index (χ1n) is 7.78. The molecule has 2 aliphatic rings. The van der Waals surface area contributed by atoms with Crippen LogP contribution < -0.4 is 10.5 Å². The maximum atomic E-state index is 12.8. The van der Waals surface area contributed by atoms with Crippen LogP contribution in [-0.2, 0) is 4.79 Å². The molecule has 6 nitrogen and oxygen atoms in total. The van der Waals surface area contributed by atoms with E-state index in [1.54, 1.807) is 17.0 Å². The molecule has 0 aliphatic carbocycles. The van der Waals surface area contributed by atoms with Gasteiger partial charge in [0.2, 0.25) is 5.91 Å². The Hall–Kier alpha value is -2.31. The Bertz CT molecular complexity index is 587. The second kappa shape index (κ2) is 6.44. The molecule has 1 aromatic carbocycles. The van der Waals surface area contributed by atoms with E-state index in [2.05, 4.69) is 0 Å². The van der Waals surface area contributed by atoms with Crippen molar-refractivity contribution in [3.05, 3.63) is 30.1 Å². The number of ether oxygens (including phenoxy) is 1. The Morgan fingerprint density at radius 3 is 2.48 bits per heavy atom. The van der Waals surface area contributed by atoms with Crippen molar-refractivity contribution in [1.82, 2.24) is 9.80 Å². The molecule has 2 saturated heterocycles. The number of nitrogens with two attached hydrogens (primary N) is 1. The second-order valence-electron chi connectivity index (χ2n) is 6.06. The van der Waals surface area contributed by atoms with Crippen LogP contribution in [0.3, 0.4) is 0 Å².